The zero-order valence-electron chi connectivity index (χ0n) is 7.91. The zero-order chi connectivity index (χ0) is 10.7. The van der Waals surface area contributed by atoms with Gasteiger partial charge in [0.25, 0.3) is 0 Å². The highest BCUT2D eigenvalue weighted by Crippen LogP contribution is 2.13. The van der Waals surface area contributed by atoms with Crippen LogP contribution >= 0.6 is 0 Å². The quantitative estimate of drug-likeness (QED) is 0.660. The summed E-state index contributed by atoms with van der Waals surface area (Å²) in [7, 11) is -1.43. The van der Waals surface area contributed by atoms with Crippen molar-refractivity contribution in [3.8, 4) is 11.3 Å². The molecule has 0 aliphatic carbocycles. The van der Waals surface area contributed by atoms with Gasteiger partial charge in [0.2, 0.25) is 0 Å². The molecule has 0 atom stereocenters. The molecule has 0 bridgehead atoms. The predicted octanol–water partition coefficient (Wildman–Crippen LogP) is -0.177. The smallest absolute Gasteiger partial charge is 0.423 e. The van der Waals surface area contributed by atoms with Gasteiger partial charge < -0.3 is 10.0 Å². The van der Waals surface area contributed by atoms with E-state index < -0.39 is 7.12 Å². The van der Waals surface area contributed by atoms with Crippen LogP contribution < -0.4 is 5.46 Å². The average molecular weight is 200 g/mol. The lowest BCUT2D eigenvalue weighted by atomic mass is 9.80. The van der Waals surface area contributed by atoms with Gasteiger partial charge in [-0.25, -0.2) is 9.97 Å². The van der Waals surface area contributed by atoms with E-state index in [-0.39, 0.29) is 0 Å². The van der Waals surface area contributed by atoms with E-state index in [1.165, 1.54) is 6.33 Å². The second-order valence-electron chi connectivity index (χ2n) is 3.09. The summed E-state index contributed by atoms with van der Waals surface area (Å²) < 4.78 is 0. The van der Waals surface area contributed by atoms with Gasteiger partial charge in [-0.05, 0) is 11.5 Å². The first-order valence-electron chi connectivity index (χ1n) is 4.50. The van der Waals surface area contributed by atoms with Crippen LogP contribution in [0.4, 0.5) is 0 Å². The third-order valence-corrected chi connectivity index (χ3v) is 2.09. The molecule has 0 unspecified atom stereocenters. The number of aromatic nitrogens is 2. The summed E-state index contributed by atoms with van der Waals surface area (Å²) in [5.74, 6) is 0. The van der Waals surface area contributed by atoms with Crippen molar-refractivity contribution in [2.24, 2.45) is 0 Å². The lowest BCUT2D eigenvalue weighted by Crippen LogP contribution is -2.29. The van der Waals surface area contributed by atoms with Crippen LogP contribution in [0.3, 0.4) is 0 Å². The minimum atomic E-state index is -1.43. The van der Waals surface area contributed by atoms with Crippen LogP contribution in [-0.2, 0) is 0 Å². The number of rotatable bonds is 2. The molecule has 0 aliphatic heterocycles. The first-order chi connectivity index (χ1) is 7.27. The number of benzene rings is 1. The van der Waals surface area contributed by atoms with Gasteiger partial charge in [-0.1, -0.05) is 24.3 Å². The molecule has 2 rings (SSSR count). The Hall–Kier alpha value is -1.72. The fourth-order valence-electron chi connectivity index (χ4n) is 1.29. The van der Waals surface area contributed by atoms with E-state index in [2.05, 4.69) is 9.97 Å². The van der Waals surface area contributed by atoms with Gasteiger partial charge >= 0.3 is 7.12 Å². The van der Waals surface area contributed by atoms with Crippen LogP contribution in [0.1, 0.15) is 0 Å². The Kier molecular flexibility index (Phi) is 2.76. The molecule has 5 heteroatoms. The van der Waals surface area contributed by atoms with Crippen molar-refractivity contribution in [1.82, 2.24) is 9.97 Å². The van der Waals surface area contributed by atoms with Crippen molar-refractivity contribution in [2.45, 2.75) is 0 Å². The molecular weight excluding hydrogens is 191 g/mol. The molecule has 2 aromatic rings. The van der Waals surface area contributed by atoms with Gasteiger partial charge in [-0.2, -0.15) is 0 Å². The maximum Gasteiger partial charge on any atom is 0.488 e. The van der Waals surface area contributed by atoms with Crippen molar-refractivity contribution in [2.75, 3.05) is 0 Å². The van der Waals surface area contributed by atoms with E-state index in [0.29, 0.717) is 5.46 Å². The Morgan fingerprint density at radius 2 is 1.73 bits per heavy atom. The summed E-state index contributed by atoms with van der Waals surface area (Å²) in [4.78, 5) is 7.91. The standard InChI is InChI=1S/C10H9BN2O2/c14-11(15)9-3-1-8(2-4-9)10-5-6-12-7-13-10/h1-7,14-15H. The number of hydrogen-bond acceptors (Lipinski definition) is 4. The van der Waals surface area contributed by atoms with Gasteiger partial charge in [0.1, 0.15) is 6.33 Å². The summed E-state index contributed by atoms with van der Waals surface area (Å²) >= 11 is 0. The summed E-state index contributed by atoms with van der Waals surface area (Å²) in [6, 6.07) is 8.68. The molecule has 0 fully saturated rings. The predicted molar refractivity (Wildman–Crippen MR) is 57.3 cm³/mol. The highest BCUT2D eigenvalue weighted by atomic mass is 16.4. The van der Waals surface area contributed by atoms with Gasteiger partial charge in [0.05, 0.1) is 5.69 Å². The van der Waals surface area contributed by atoms with Gasteiger partial charge in [0.15, 0.2) is 0 Å². The Bertz CT molecular complexity index is 431. The number of hydrogen-bond donors (Lipinski definition) is 2. The lowest BCUT2D eigenvalue weighted by molar-refractivity contribution is 0.426. The van der Waals surface area contributed by atoms with Crippen molar-refractivity contribution >= 4 is 12.6 Å². The van der Waals surface area contributed by atoms with Crippen molar-refractivity contribution < 1.29 is 10.0 Å². The van der Waals surface area contributed by atoms with E-state index in [4.69, 9.17) is 10.0 Å². The molecule has 1 heterocycles. The topological polar surface area (TPSA) is 66.2 Å². The molecule has 0 amide bonds. The van der Waals surface area contributed by atoms with Crippen LogP contribution in [0.25, 0.3) is 11.3 Å². The van der Waals surface area contributed by atoms with E-state index in [9.17, 15) is 0 Å². The van der Waals surface area contributed by atoms with Crippen LogP contribution in [0.2, 0.25) is 0 Å². The lowest BCUT2D eigenvalue weighted by Gasteiger charge is -2.02. The SMILES string of the molecule is OB(O)c1ccc(-c2ccncn2)cc1. The second-order valence-corrected chi connectivity index (χ2v) is 3.09. The second kappa shape index (κ2) is 4.21. The molecule has 0 aliphatic rings. The third-order valence-electron chi connectivity index (χ3n) is 2.09. The minimum Gasteiger partial charge on any atom is -0.423 e. The minimum absolute atomic E-state index is 0.466. The molecule has 1 aromatic heterocycles. The van der Waals surface area contributed by atoms with E-state index in [1.54, 1.807) is 36.5 Å². The largest absolute Gasteiger partial charge is 0.488 e. The molecule has 1 aromatic carbocycles. The molecule has 0 saturated carbocycles. The van der Waals surface area contributed by atoms with Crippen LogP contribution in [0.15, 0.2) is 42.9 Å². The Morgan fingerprint density at radius 3 is 2.27 bits per heavy atom. The number of nitrogens with zero attached hydrogens (tertiary/aromatic N) is 2. The molecule has 2 N–H and O–H groups in total. The van der Waals surface area contributed by atoms with Crippen LogP contribution in [0, 0.1) is 0 Å². The van der Waals surface area contributed by atoms with E-state index >= 15 is 0 Å². The molecule has 4 nitrogen and oxygen atoms in total. The van der Waals surface area contributed by atoms with Crippen LogP contribution in [-0.4, -0.2) is 27.1 Å². The van der Waals surface area contributed by atoms with E-state index in [1.807, 2.05) is 0 Å². The average Bonchev–Trinajstić information content (AvgIpc) is 2.30. The first kappa shape index (κ1) is 9.83. The van der Waals surface area contributed by atoms with E-state index in [0.717, 1.165) is 11.3 Å². The molecule has 0 spiro atoms. The molecule has 0 saturated heterocycles. The summed E-state index contributed by atoms with van der Waals surface area (Å²) in [6.07, 6.45) is 3.14. The van der Waals surface area contributed by atoms with Crippen molar-refractivity contribution in [3.63, 3.8) is 0 Å². The first-order valence-corrected chi connectivity index (χ1v) is 4.50. The van der Waals surface area contributed by atoms with Crippen molar-refractivity contribution in [3.05, 3.63) is 42.9 Å². The van der Waals surface area contributed by atoms with Gasteiger partial charge in [0, 0.05) is 11.8 Å². The summed E-state index contributed by atoms with van der Waals surface area (Å²) in [5, 5.41) is 17.8. The summed E-state index contributed by atoms with van der Waals surface area (Å²) in [6.45, 7) is 0. The Labute approximate surface area is 87.4 Å². The fourth-order valence-corrected chi connectivity index (χ4v) is 1.29. The highest BCUT2D eigenvalue weighted by Gasteiger charge is 2.09. The normalized spacial score (nSPS) is 10.0. The monoisotopic (exact) mass is 200 g/mol. The zero-order valence-corrected chi connectivity index (χ0v) is 7.91. The maximum absolute atomic E-state index is 8.92. The highest BCUT2D eigenvalue weighted by molar-refractivity contribution is 6.58. The third kappa shape index (κ3) is 2.20. The molecule has 0 radical (unpaired) electrons. The van der Waals surface area contributed by atoms with Gasteiger partial charge in [-0.15, -0.1) is 0 Å². The van der Waals surface area contributed by atoms with Crippen LogP contribution in [0.5, 0.6) is 0 Å². The maximum atomic E-state index is 8.92. The van der Waals surface area contributed by atoms with Crippen molar-refractivity contribution in [1.29, 1.82) is 0 Å². The van der Waals surface area contributed by atoms with Gasteiger partial charge in [-0.3, -0.25) is 0 Å². The fraction of sp³-hybridized carbons (Fsp3) is 0. The molecule has 74 valence electrons. The Balaban J connectivity index is 2.32. The molecular formula is C10H9BN2O2. The summed E-state index contributed by atoms with van der Waals surface area (Å²) in [5.41, 5.74) is 2.19. The molecule has 15 heavy (non-hydrogen) atoms. The Morgan fingerprint density at radius 1 is 1.00 bits per heavy atom.